The van der Waals surface area contributed by atoms with Gasteiger partial charge in [-0.25, -0.2) is 0 Å². The van der Waals surface area contributed by atoms with Crippen molar-refractivity contribution in [1.82, 2.24) is 8.61 Å². The summed E-state index contributed by atoms with van der Waals surface area (Å²) in [5, 5.41) is 0. The molecule has 0 aliphatic carbocycles. The number of rotatable bonds is 2. The molecule has 2 heterocycles. The van der Waals surface area contributed by atoms with E-state index >= 15 is 0 Å². The highest BCUT2D eigenvalue weighted by molar-refractivity contribution is 7.86. The van der Waals surface area contributed by atoms with E-state index in [0.717, 1.165) is 12.8 Å². The van der Waals surface area contributed by atoms with E-state index in [1.165, 1.54) is 0 Å². The van der Waals surface area contributed by atoms with Crippen LogP contribution in [0.4, 0.5) is 0 Å². The summed E-state index contributed by atoms with van der Waals surface area (Å²) in [4.78, 5) is 0. The minimum Gasteiger partial charge on any atom is -0.326 e. The third-order valence-corrected chi connectivity index (χ3v) is 5.61. The summed E-state index contributed by atoms with van der Waals surface area (Å²) in [7, 11) is -3.27. The summed E-state index contributed by atoms with van der Waals surface area (Å²) in [6, 6.07) is 0.00409. The molecule has 2 fully saturated rings. The van der Waals surface area contributed by atoms with Gasteiger partial charge in [-0.1, -0.05) is 13.8 Å². The van der Waals surface area contributed by atoms with Crippen LogP contribution >= 0.6 is 0 Å². The maximum atomic E-state index is 12.4. The fourth-order valence-electron chi connectivity index (χ4n) is 2.92. The first-order valence-electron chi connectivity index (χ1n) is 6.40. The zero-order chi connectivity index (χ0) is 12.6. The Morgan fingerprint density at radius 3 is 2.12 bits per heavy atom. The smallest absolute Gasteiger partial charge is 0.282 e. The second-order valence-corrected chi connectivity index (χ2v) is 7.61. The predicted molar refractivity (Wildman–Crippen MR) is 67.6 cm³/mol. The molecule has 5 nitrogen and oxygen atoms in total. The van der Waals surface area contributed by atoms with Gasteiger partial charge in [0.1, 0.15) is 0 Å². The van der Waals surface area contributed by atoms with Crippen LogP contribution in [0.5, 0.6) is 0 Å². The van der Waals surface area contributed by atoms with Gasteiger partial charge in [0.2, 0.25) is 0 Å². The van der Waals surface area contributed by atoms with Crippen LogP contribution in [0.25, 0.3) is 0 Å². The van der Waals surface area contributed by atoms with Crippen molar-refractivity contribution in [2.75, 3.05) is 26.2 Å². The second kappa shape index (κ2) is 4.84. The molecule has 0 radical (unpaired) electrons. The SMILES string of the molecule is CC1CC(C)CN(S(=O)(=O)N2CC[C@@H](N)C2)C1. The summed E-state index contributed by atoms with van der Waals surface area (Å²) >= 11 is 0. The molecule has 3 atom stereocenters. The van der Waals surface area contributed by atoms with E-state index in [-0.39, 0.29) is 6.04 Å². The Morgan fingerprint density at radius 2 is 1.65 bits per heavy atom. The van der Waals surface area contributed by atoms with Crippen molar-refractivity contribution in [3.05, 3.63) is 0 Å². The van der Waals surface area contributed by atoms with Crippen molar-refractivity contribution >= 4 is 10.2 Å². The number of hydrogen-bond donors (Lipinski definition) is 1. The van der Waals surface area contributed by atoms with E-state index in [0.29, 0.717) is 38.0 Å². The maximum absolute atomic E-state index is 12.4. The normalized spacial score (nSPS) is 37.5. The molecule has 2 saturated heterocycles. The standard InChI is InChI=1S/C11H23N3O2S/c1-9-5-10(2)7-14(6-9)17(15,16)13-4-3-11(12)8-13/h9-11H,3-8,12H2,1-2H3/t9?,10?,11-/m1/s1. The zero-order valence-electron chi connectivity index (χ0n) is 10.7. The maximum Gasteiger partial charge on any atom is 0.282 e. The molecule has 2 rings (SSSR count). The summed E-state index contributed by atoms with van der Waals surface area (Å²) < 4.78 is 28.0. The molecular formula is C11H23N3O2S. The Hall–Kier alpha value is -0.170. The van der Waals surface area contributed by atoms with Gasteiger partial charge in [-0.15, -0.1) is 0 Å². The summed E-state index contributed by atoms with van der Waals surface area (Å²) in [6.07, 6.45) is 1.89. The fraction of sp³-hybridized carbons (Fsp3) is 1.00. The molecule has 0 bridgehead atoms. The average molecular weight is 261 g/mol. The first-order valence-corrected chi connectivity index (χ1v) is 7.80. The largest absolute Gasteiger partial charge is 0.326 e. The molecule has 0 aromatic carbocycles. The van der Waals surface area contributed by atoms with Gasteiger partial charge in [-0.2, -0.15) is 17.0 Å². The Labute approximate surface area is 104 Å². The second-order valence-electron chi connectivity index (χ2n) is 5.68. The van der Waals surface area contributed by atoms with Gasteiger partial charge in [0, 0.05) is 32.2 Å². The molecule has 2 N–H and O–H groups in total. The summed E-state index contributed by atoms with van der Waals surface area (Å²) in [6.45, 7) is 6.59. The number of nitrogens with zero attached hydrogens (tertiary/aromatic N) is 2. The van der Waals surface area contributed by atoms with E-state index < -0.39 is 10.2 Å². The molecule has 2 aliphatic rings. The Morgan fingerprint density at radius 1 is 1.06 bits per heavy atom. The van der Waals surface area contributed by atoms with Crippen LogP contribution in [0, 0.1) is 11.8 Å². The zero-order valence-corrected chi connectivity index (χ0v) is 11.5. The minimum atomic E-state index is -3.27. The fourth-order valence-corrected chi connectivity index (χ4v) is 4.85. The molecule has 0 saturated carbocycles. The quantitative estimate of drug-likeness (QED) is 0.774. The van der Waals surface area contributed by atoms with E-state index in [1.807, 2.05) is 0 Å². The molecule has 0 aromatic rings. The van der Waals surface area contributed by atoms with Crippen LogP contribution in [-0.2, 0) is 10.2 Å². The molecule has 2 unspecified atom stereocenters. The lowest BCUT2D eigenvalue weighted by Crippen LogP contribution is -2.49. The van der Waals surface area contributed by atoms with Crippen LogP contribution in [0.1, 0.15) is 26.7 Å². The van der Waals surface area contributed by atoms with E-state index in [2.05, 4.69) is 13.8 Å². The predicted octanol–water partition coefficient (Wildman–Crippen LogP) is 0.242. The average Bonchev–Trinajstić information content (AvgIpc) is 2.64. The van der Waals surface area contributed by atoms with Crippen molar-refractivity contribution in [3.8, 4) is 0 Å². The van der Waals surface area contributed by atoms with Crippen LogP contribution in [0.2, 0.25) is 0 Å². The number of piperidine rings is 1. The van der Waals surface area contributed by atoms with Crippen molar-refractivity contribution in [1.29, 1.82) is 0 Å². The van der Waals surface area contributed by atoms with Gasteiger partial charge in [0.05, 0.1) is 0 Å². The van der Waals surface area contributed by atoms with Crippen LogP contribution in [0.3, 0.4) is 0 Å². The number of hydrogen-bond acceptors (Lipinski definition) is 3. The molecule has 0 amide bonds. The monoisotopic (exact) mass is 261 g/mol. The molecular weight excluding hydrogens is 238 g/mol. The third-order valence-electron chi connectivity index (χ3n) is 3.68. The van der Waals surface area contributed by atoms with Gasteiger partial charge >= 0.3 is 0 Å². The minimum absolute atomic E-state index is 0.00409. The molecule has 17 heavy (non-hydrogen) atoms. The van der Waals surface area contributed by atoms with Crippen LogP contribution in [0.15, 0.2) is 0 Å². The van der Waals surface area contributed by atoms with E-state index in [9.17, 15) is 8.42 Å². The van der Waals surface area contributed by atoms with Crippen molar-refractivity contribution < 1.29 is 8.42 Å². The summed E-state index contributed by atoms with van der Waals surface area (Å²) in [5.74, 6) is 0.898. The van der Waals surface area contributed by atoms with Crippen LogP contribution < -0.4 is 5.73 Å². The lowest BCUT2D eigenvalue weighted by atomic mass is 9.94. The van der Waals surface area contributed by atoms with Crippen molar-refractivity contribution in [2.24, 2.45) is 17.6 Å². The Balaban J connectivity index is 2.09. The van der Waals surface area contributed by atoms with Gasteiger partial charge in [0.15, 0.2) is 0 Å². The Bertz CT molecular complexity index is 361. The van der Waals surface area contributed by atoms with Crippen molar-refractivity contribution in [2.45, 2.75) is 32.7 Å². The third kappa shape index (κ3) is 2.81. The van der Waals surface area contributed by atoms with Gasteiger partial charge in [0.25, 0.3) is 10.2 Å². The summed E-state index contributed by atoms with van der Waals surface area (Å²) in [5.41, 5.74) is 5.78. The lowest BCUT2D eigenvalue weighted by Gasteiger charge is -2.36. The molecule has 0 aromatic heterocycles. The van der Waals surface area contributed by atoms with E-state index in [4.69, 9.17) is 5.73 Å². The molecule has 6 heteroatoms. The molecule has 100 valence electrons. The number of nitrogens with two attached hydrogens (primary N) is 1. The Kier molecular flexibility index (Phi) is 3.77. The van der Waals surface area contributed by atoms with Crippen molar-refractivity contribution in [3.63, 3.8) is 0 Å². The van der Waals surface area contributed by atoms with E-state index in [1.54, 1.807) is 8.61 Å². The van der Waals surface area contributed by atoms with Gasteiger partial charge in [-0.3, -0.25) is 0 Å². The molecule has 2 aliphatic heterocycles. The highest BCUT2D eigenvalue weighted by Crippen LogP contribution is 2.26. The first-order chi connectivity index (χ1) is 7.89. The first kappa shape index (κ1) is 13.3. The van der Waals surface area contributed by atoms with Crippen LogP contribution in [-0.4, -0.2) is 49.2 Å². The van der Waals surface area contributed by atoms with Gasteiger partial charge < -0.3 is 5.73 Å². The lowest BCUT2D eigenvalue weighted by molar-refractivity contribution is 0.211. The highest BCUT2D eigenvalue weighted by Gasteiger charge is 2.37. The highest BCUT2D eigenvalue weighted by atomic mass is 32.2. The molecule has 0 spiro atoms. The van der Waals surface area contributed by atoms with Gasteiger partial charge in [-0.05, 0) is 24.7 Å². The topological polar surface area (TPSA) is 66.6 Å².